The summed E-state index contributed by atoms with van der Waals surface area (Å²) in [7, 11) is 1.96. The third-order valence-corrected chi connectivity index (χ3v) is 6.11. The van der Waals surface area contributed by atoms with Crippen molar-refractivity contribution < 1.29 is 5.11 Å². The van der Waals surface area contributed by atoms with Gasteiger partial charge < -0.3 is 5.11 Å². The number of aryl methyl sites for hydroxylation is 3. The summed E-state index contributed by atoms with van der Waals surface area (Å²) in [6, 6.07) is 4.31. The number of hydrogen-bond donors (Lipinski definition) is 1. The fraction of sp³-hybridized carbons (Fsp3) is 0.533. The zero-order valence-electron chi connectivity index (χ0n) is 11.9. The first-order valence-corrected chi connectivity index (χ1v) is 9.03. The molecule has 1 N–H and O–H groups in total. The van der Waals surface area contributed by atoms with Crippen LogP contribution >= 0.6 is 23.1 Å². The highest BCUT2D eigenvalue weighted by molar-refractivity contribution is 7.98. The van der Waals surface area contributed by atoms with Crippen molar-refractivity contribution in [3.63, 3.8) is 0 Å². The largest absolute Gasteiger partial charge is 0.387 e. The van der Waals surface area contributed by atoms with Crippen LogP contribution in [0.1, 0.15) is 39.7 Å². The predicted octanol–water partition coefficient (Wildman–Crippen LogP) is 3.11. The van der Waals surface area contributed by atoms with Crippen LogP contribution in [0, 0.1) is 0 Å². The lowest BCUT2D eigenvalue weighted by atomic mass is 10.1. The van der Waals surface area contributed by atoms with E-state index in [0.717, 1.165) is 34.9 Å². The first-order valence-electron chi connectivity index (χ1n) is 7.06. The van der Waals surface area contributed by atoms with Crippen LogP contribution < -0.4 is 0 Å². The normalized spacial score (nSPS) is 16.1. The molecular weight excluding hydrogens is 288 g/mol. The molecule has 3 nitrogen and oxygen atoms in total. The molecule has 0 fully saturated rings. The second kappa shape index (κ2) is 5.92. The second-order valence-electron chi connectivity index (χ2n) is 5.22. The van der Waals surface area contributed by atoms with Gasteiger partial charge in [-0.05, 0) is 36.3 Å². The quantitative estimate of drug-likeness (QED) is 0.943. The Kier molecular flexibility index (Phi) is 4.19. The molecule has 0 bridgehead atoms. The summed E-state index contributed by atoms with van der Waals surface area (Å²) >= 11 is 3.77. The first-order chi connectivity index (χ1) is 9.67. The highest BCUT2D eigenvalue weighted by atomic mass is 32.2. The van der Waals surface area contributed by atoms with Gasteiger partial charge in [0.1, 0.15) is 0 Å². The van der Waals surface area contributed by atoms with E-state index in [0.29, 0.717) is 6.42 Å². The topological polar surface area (TPSA) is 38.0 Å². The molecule has 1 aliphatic rings. The van der Waals surface area contributed by atoms with Crippen molar-refractivity contribution in [3.05, 3.63) is 38.8 Å². The Morgan fingerprint density at radius 3 is 3.00 bits per heavy atom. The van der Waals surface area contributed by atoms with E-state index in [1.54, 1.807) is 11.3 Å². The predicted molar refractivity (Wildman–Crippen MR) is 85.4 cm³/mol. The van der Waals surface area contributed by atoms with Crippen LogP contribution in [0.4, 0.5) is 0 Å². The van der Waals surface area contributed by atoms with E-state index in [1.807, 2.05) is 23.5 Å². The van der Waals surface area contributed by atoms with Gasteiger partial charge >= 0.3 is 0 Å². The molecule has 1 aliphatic heterocycles. The van der Waals surface area contributed by atoms with E-state index in [2.05, 4.69) is 24.2 Å². The molecule has 1 atom stereocenters. The van der Waals surface area contributed by atoms with Crippen molar-refractivity contribution in [1.82, 2.24) is 9.78 Å². The van der Waals surface area contributed by atoms with Gasteiger partial charge in [0.05, 0.1) is 11.8 Å². The van der Waals surface area contributed by atoms with Crippen LogP contribution in [-0.4, -0.2) is 20.6 Å². The number of aliphatic hydroxyl groups excluding tert-OH is 1. The Hall–Kier alpha value is -0.780. The number of thiophene rings is 1. The Bertz CT molecular complexity index is 580. The molecule has 108 valence electrons. The van der Waals surface area contributed by atoms with Gasteiger partial charge in [0.15, 0.2) is 0 Å². The van der Waals surface area contributed by atoms with Gasteiger partial charge in [-0.1, -0.05) is 6.92 Å². The van der Waals surface area contributed by atoms with Crippen LogP contribution in [0.15, 0.2) is 12.1 Å². The third-order valence-electron chi connectivity index (χ3n) is 3.77. The third kappa shape index (κ3) is 2.80. The molecule has 0 aromatic carbocycles. The van der Waals surface area contributed by atoms with Crippen LogP contribution in [0.25, 0.3) is 0 Å². The lowest BCUT2D eigenvalue weighted by molar-refractivity contribution is 0.179. The minimum atomic E-state index is -0.407. The summed E-state index contributed by atoms with van der Waals surface area (Å²) in [5.41, 5.74) is 3.63. The minimum Gasteiger partial charge on any atom is -0.387 e. The lowest BCUT2D eigenvalue weighted by Gasteiger charge is -2.08. The molecule has 0 radical (unpaired) electrons. The van der Waals surface area contributed by atoms with E-state index in [9.17, 15) is 5.11 Å². The van der Waals surface area contributed by atoms with E-state index in [1.165, 1.54) is 16.2 Å². The number of fused-ring (bicyclic) bond motifs is 1. The van der Waals surface area contributed by atoms with Crippen LogP contribution in [0.5, 0.6) is 0 Å². The molecule has 0 spiro atoms. The number of rotatable bonds is 4. The van der Waals surface area contributed by atoms with Crippen molar-refractivity contribution in [2.45, 2.75) is 38.0 Å². The molecule has 2 aromatic heterocycles. The number of hydrogen-bond acceptors (Lipinski definition) is 4. The van der Waals surface area contributed by atoms with Gasteiger partial charge in [-0.2, -0.15) is 16.9 Å². The highest BCUT2D eigenvalue weighted by Crippen LogP contribution is 2.35. The zero-order valence-corrected chi connectivity index (χ0v) is 13.6. The average Bonchev–Trinajstić information content (AvgIpc) is 3.02. The summed E-state index contributed by atoms with van der Waals surface area (Å²) in [6.45, 7) is 2.10. The van der Waals surface area contributed by atoms with E-state index in [4.69, 9.17) is 0 Å². The van der Waals surface area contributed by atoms with Gasteiger partial charge in [0.25, 0.3) is 0 Å². The van der Waals surface area contributed by atoms with Crippen molar-refractivity contribution in [2.24, 2.45) is 7.05 Å². The van der Waals surface area contributed by atoms with E-state index < -0.39 is 6.10 Å². The average molecular weight is 308 g/mol. The SMILES string of the molecule is CCc1cc(CC(O)c2cc3c(s2)CCSC3)n(C)n1. The zero-order chi connectivity index (χ0) is 14.1. The van der Waals surface area contributed by atoms with Gasteiger partial charge in [0.2, 0.25) is 0 Å². The van der Waals surface area contributed by atoms with E-state index in [-0.39, 0.29) is 0 Å². The van der Waals surface area contributed by atoms with Crippen LogP contribution in [-0.2, 0) is 32.1 Å². The minimum absolute atomic E-state index is 0.407. The molecule has 2 aromatic rings. The maximum Gasteiger partial charge on any atom is 0.0937 e. The molecule has 3 heterocycles. The van der Waals surface area contributed by atoms with Crippen LogP contribution in [0.3, 0.4) is 0 Å². The molecule has 0 amide bonds. The summed E-state index contributed by atoms with van der Waals surface area (Å²) in [4.78, 5) is 2.58. The van der Waals surface area contributed by atoms with Gasteiger partial charge in [-0.25, -0.2) is 0 Å². The van der Waals surface area contributed by atoms with Crippen LogP contribution in [0.2, 0.25) is 0 Å². The summed E-state index contributed by atoms with van der Waals surface area (Å²) in [6.07, 6.45) is 2.34. The molecule has 5 heteroatoms. The number of nitrogens with zero attached hydrogens (tertiary/aromatic N) is 2. The fourth-order valence-corrected chi connectivity index (χ4v) is 4.93. The highest BCUT2D eigenvalue weighted by Gasteiger charge is 2.19. The number of aliphatic hydroxyl groups is 1. The van der Waals surface area contributed by atoms with Gasteiger partial charge in [-0.15, -0.1) is 11.3 Å². The summed E-state index contributed by atoms with van der Waals surface area (Å²) in [5.74, 6) is 2.31. The molecule has 0 aliphatic carbocycles. The first kappa shape index (κ1) is 14.2. The Morgan fingerprint density at radius 1 is 1.45 bits per heavy atom. The number of aromatic nitrogens is 2. The Morgan fingerprint density at radius 2 is 2.30 bits per heavy atom. The maximum absolute atomic E-state index is 10.5. The van der Waals surface area contributed by atoms with Crippen molar-refractivity contribution in [1.29, 1.82) is 0 Å². The van der Waals surface area contributed by atoms with Crippen molar-refractivity contribution in [2.75, 3.05) is 5.75 Å². The second-order valence-corrected chi connectivity index (χ2v) is 7.50. The molecule has 3 rings (SSSR count). The van der Waals surface area contributed by atoms with Gasteiger partial charge in [-0.3, -0.25) is 4.68 Å². The molecule has 20 heavy (non-hydrogen) atoms. The van der Waals surface area contributed by atoms with E-state index >= 15 is 0 Å². The molecule has 0 saturated heterocycles. The van der Waals surface area contributed by atoms with Gasteiger partial charge in [0, 0.05) is 34.7 Å². The standard InChI is InChI=1S/C15H20N2OS2/c1-3-11-7-12(17(2)16-11)8-13(18)15-6-10-9-19-5-4-14(10)20-15/h6-7,13,18H,3-5,8-9H2,1-2H3. The fourth-order valence-electron chi connectivity index (χ4n) is 2.57. The maximum atomic E-state index is 10.5. The lowest BCUT2D eigenvalue weighted by Crippen LogP contribution is -2.05. The summed E-state index contributed by atoms with van der Waals surface area (Å²) in [5, 5.41) is 14.9. The Balaban J connectivity index is 1.76. The smallest absolute Gasteiger partial charge is 0.0937 e. The Labute approximate surface area is 128 Å². The van der Waals surface area contributed by atoms with Crippen molar-refractivity contribution >= 4 is 23.1 Å². The molecule has 1 unspecified atom stereocenters. The number of thioether (sulfide) groups is 1. The summed E-state index contributed by atoms with van der Waals surface area (Å²) < 4.78 is 1.89. The monoisotopic (exact) mass is 308 g/mol. The molecule has 0 saturated carbocycles. The van der Waals surface area contributed by atoms with Crippen molar-refractivity contribution in [3.8, 4) is 0 Å². The molecular formula is C15H20N2OS2.